The van der Waals surface area contributed by atoms with Crippen molar-refractivity contribution < 1.29 is 14.5 Å². The molecular formula is C23H24Cl2N4O4S. The second kappa shape index (κ2) is 10.5. The lowest BCUT2D eigenvalue weighted by molar-refractivity contribution is -0.384. The van der Waals surface area contributed by atoms with Gasteiger partial charge >= 0.3 is 0 Å². The summed E-state index contributed by atoms with van der Waals surface area (Å²) in [6.45, 7) is 1.59. The van der Waals surface area contributed by atoms with Gasteiger partial charge in [0.2, 0.25) is 5.91 Å². The molecule has 11 heteroatoms. The third-order valence-electron chi connectivity index (χ3n) is 6.17. The summed E-state index contributed by atoms with van der Waals surface area (Å²) in [5, 5.41) is 18.4. The van der Waals surface area contributed by atoms with Crippen LogP contribution in [0.15, 0.2) is 42.5 Å². The molecule has 1 spiro atoms. The van der Waals surface area contributed by atoms with Gasteiger partial charge in [-0.1, -0.05) is 29.3 Å². The quantitative estimate of drug-likeness (QED) is 0.440. The van der Waals surface area contributed by atoms with Crippen molar-refractivity contribution in [2.24, 2.45) is 0 Å². The van der Waals surface area contributed by atoms with Crippen LogP contribution in [0.25, 0.3) is 0 Å². The smallest absolute Gasteiger partial charge is 0.269 e. The van der Waals surface area contributed by atoms with Gasteiger partial charge in [-0.2, -0.15) is 0 Å². The topological polar surface area (TPSA) is 105 Å². The number of piperidine rings is 1. The maximum Gasteiger partial charge on any atom is 0.269 e. The number of thioether (sulfide) groups is 1. The molecule has 0 saturated carbocycles. The Bertz CT molecular complexity index is 1090. The molecule has 0 aromatic heterocycles. The van der Waals surface area contributed by atoms with Crippen LogP contribution in [0.2, 0.25) is 10.0 Å². The Hall–Kier alpha value is -2.33. The van der Waals surface area contributed by atoms with Gasteiger partial charge < -0.3 is 10.2 Å². The van der Waals surface area contributed by atoms with Crippen LogP contribution in [0, 0.1) is 10.1 Å². The lowest BCUT2D eigenvalue weighted by Gasteiger charge is -2.39. The minimum absolute atomic E-state index is 0.0405. The third-order valence-corrected chi connectivity index (χ3v) is 8.34. The lowest BCUT2D eigenvalue weighted by Crippen LogP contribution is -2.54. The van der Waals surface area contributed by atoms with Gasteiger partial charge in [0.15, 0.2) is 0 Å². The first kappa shape index (κ1) is 24.8. The van der Waals surface area contributed by atoms with E-state index in [1.54, 1.807) is 28.8 Å². The van der Waals surface area contributed by atoms with E-state index in [-0.39, 0.29) is 28.4 Å². The fraction of sp³-hybridized carbons (Fsp3) is 0.391. The number of rotatable bonds is 6. The van der Waals surface area contributed by atoms with Crippen molar-refractivity contribution in [3.05, 3.63) is 73.8 Å². The predicted molar refractivity (Wildman–Crippen MR) is 134 cm³/mol. The van der Waals surface area contributed by atoms with Crippen LogP contribution in [0.3, 0.4) is 0 Å². The number of carbonyl (C=O) groups excluding carboxylic acids is 2. The number of benzene rings is 2. The zero-order chi connectivity index (χ0) is 24.3. The van der Waals surface area contributed by atoms with E-state index in [1.165, 1.54) is 24.3 Å². The first-order chi connectivity index (χ1) is 16.3. The Balaban J connectivity index is 1.25. The van der Waals surface area contributed by atoms with E-state index in [0.29, 0.717) is 47.4 Å². The Morgan fingerprint density at radius 1 is 1.18 bits per heavy atom. The second-order valence-corrected chi connectivity index (χ2v) is 10.6. The largest absolute Gasteiger partial charge is 0.354 e. The first-order valence-electron chi connectivity index (χ1n) is 10.9. The number of amides is 2. The van der Waals surface area contributed by atoms with Crippen LogP contribution in [0.4, 0.5) is 5.69 Å². The molecule has 2 saturated heterocycles. The molecule has 34 heavy (non-hydrogen) atoms. The minimum Gasteiger partial charge on any atom is -0.354 e. The highest BCUT2D eigenvalue weighted by molar-refractivity contribution is 8.01. The molecule has 0 bridgehead atoms. The summed E-state index contributed by atoms with van der Waals surface area (Å²) in [5.74, 6) is 0.492. The molecule has 4 rings (SSSR count). The Morgan fingerprint density at radius 3 is 2.53 bits per heavy atom. The summed E-state index contributed by atoms with van der Waals surface area (Å²) in [6.07, 6.45) is 2.06. The fourth-order valence-corrected chi connectivity index (χ4v) is 6.14. The van der Waals surface area contributed by atoms with Gasteiger partial charge in [0.25, 0.3) is 11.6 Å². The molecule has 1 atom stereocenters. The predicted octanol–water partition coefficient (Wildman–Crippen LogP) is 3.90. The number of halogens is 2. The van der Waals surface area contributed by atoms with Crippen molar-refractivity contribution >= 4 is 52.5 Å². The Kier molecular flexibility index (Phi) is 7.67. The van der Waals surface area contributed by atoms with Crippen molar-refractivity contribution in [2.75, 3.05) is 25.4 Å². The van der Waals surface area contributed by atoms with E-state index < -0.39 is 4.92 Å². The van der Waals surface area contributed by atoms with Crippen molar-refractivity contribution in [3.63, 3.8) is 0 Å². The Morgan fingerprint density at radius 2 is 1.88 bits per heavy atom. The number of likely N-dealkylation sites (tertiary alicyclic amines) is 1. The molecule has 0 radical (unpaired) electrons. The van der Waals surface area contributed by atoms with Crippen LogP contribution < -0.4 is 10.6 Å². The normalized spacial score (nSPS) is 19.2. The van der Waals surface area contributed by atoms with E-state index in [4.69, 9.17) is 23.2 Å². The van der Waals surface area contributed by atoms with Crippen LogP contribution in [-0.2, 0) is 11.2 Å². The molecule has 2 aliphatic heterocycles. The van der Waals surface area contributed by atoms with Crippen LogP contribution in [0.1, 0.15) is 28.8 Å². The zero-order valence-corrected chi connectivity index (χ0v) is 20.6. The number of nitrogens with one attached hydrogen (secondary N) is 2. The van der Waals surface area contributed by atoms with Gasteiger partial charge in [-0.05, 0) is 49.1 Å². The highest BCUT2D eigenvalue weighted by Gasteiger charge is 2.44. The van der Waals surface area contributed by atoms with Gasteiger partial charge in [0, 0.05) is 53.1 Å². The molecule has 2 fully saturated rings. The summed E-state index contributed by atoms with van der Waals surface area (Å²) in [5.41, 5.74) is 1.33. The molecule has 2 N–H and O–H groups in total. The highest BCUT2D eigenvalue weighted by Crippen LogP contribution is 2.39. The third kappa shape index (κ3) is 5.66. The highest BCUT2D eigenvalue weighted by atomic mass is 35.5. The molecule has 2 heterocycles. The first-order valence-corrected chi connectivity index (χ1v) is 12.7. The maximum absolute atomic E-state index is 12.8. The van der Waals surface area contributed by atoms with Crippen molar-refractivity contribution in [2.45, 2.75) is 30.2 Å². The van der Waals surface area contributed by atoms with Gasteiger partial charge in [-0.15, -0.1) is 11.8 Å². The summed E-state index contributed by atoms with van der Waals surface area (Å²) >= 11 is 13.8. The van der Waals surface area contributed by atoms with Gasteiger partial charge in [-0.3, -0.25) is 25.0 Å². The standard InChI is InChI=1S/C23H24Cl2N4O4S/c24-17-4-1-15(19(25)13-17)7-10-26-21(30)20-14-34-23(27-20)8-11-28(12-9-23)22(31)16-2-5-18(6-3-16)29(32)33/h1-6,13,20,27H,7-12,14H2,(H,26,30). The number of nitro groups is 1. The SMILES string of the molecule is O=C(NCCc1ccc(Cl)cc1Cl)C1CSC2(CCN(C(=O)c3ccc([N+](=O)[O-])cc3)CC2)N1. The number of carbonyl (C=O) groups is 2. The van der Waals surface area contributed by atoms with E-state index in [9.17, 15) is 19.7 Å². The number of nitro benzene ring substituents is 1. The molecule has 0 aliphatic carbocycles. The summed E-state index contributed by atoms with van der Waals surface area (Å²) in [7, 11) is 0. The average Bonchev–Trinajstić information content (AvgIpc) is 3.24. The molecule has 2 amide bonds. The van der Waals surface area contributed by atoms with Crippen LogP contribution in [-0.4, -0.2) is 57.9 Å². The Labute approximate surface area is 211 Å². The van der Waals surface area contributed by atoms with Gasteiger partial charge in [0.05, 0.1) is 15.8 Å². The summed E-state index contributed by atoms with van der Waals surface area (Å²) in [6, 6.07) is 10.7. The van der Waals surface area contributed by atoms with E-state index in [0.717, 1.165) is 18.4 Å². The molecule has 8 nitrogen and oxygen atoms in total. The maximum atomic E-state index is 12.8. The lowest BCUT2D eigenvalue weighted by atomic mass is 10.0. The molecule has 2 aliphatic rings. The minimum atomic E-state index is -0.485. The monoisotopic (exact) mass is 522 g/mol. The summed E-state index contributed by atoms with van der Waals surface area (Å²) < 4.78 is 0. The van der Waals surface area contributed by atoms with Gasteiger partial charge in [0.1, 0.15) is 0 Å². The average molecular weight is 523 g/mol. The second-order valence-electron chi connectivity index (χ2n) is 8.38. The zero-order valence-electron chi connectivity index (χ0n) is 18.3. The van der Waals surface area contributed by atoms with E-state index in [1.807, 2.05) is 6.07 Å². The molecule has 1 unspecified atom stereocenters. The molecule has 180 valence electrons. The van der Waals surface area contributed by atoms with Crippen molar-refractivity contribution in [3.8, 4) is 0 Å². The van der Waals surface area contributed by atoms with Crippen LogP contribution >= 0.6 is 35.0 Å². The number of hydrogen-bond donors (Lipinski definition) is 2. The molecule has 2 aromatic carbocycles. The van der Waals surface area contributed by atoms with Crippen molar-refractivity contribution in [1.29, 1.82) is 0 Å². The number of hydrogen-bond acceptors (Lipinski definition) is 6. The van der Waals surface area contributed by atoms with E-state index in [2.05, 4.69) is 10.6 Å². The summed E-state index contributed by atoms with van der Waals surface area (Å²) in [4.78, 5) is 37.3. The van der Waals surface area contributed by atoms with E-state index >= 15 is 0 Å². The van der Waals surface area contributed by atoms with Crippen molar-refractivity contribution in [1.82, 2.24) is 15.5 Å². The molecular weight excluding hydrogens is 499 g/mol. The number of nitrogens with zero attached hydrogens (tertiary/aromatic N) is 2. The van der Waals surface area contributed by atoms with Crippen LogP contribution in [0.5, 0.6) is 0 Å². The number of non-ortho nitro benzene ring substituents is 1. The molecule has 2 aromatic rings. The van der Waals surface area contributed by atoms with Gasteiger partial charge in [-0.25, -0.2) is 0 Å². The fourth-order valence-electron chi connectivity index (χ4n) is 4.22.